The van der Waals surface area contributed by atoms with Gasteiger partial charge in [0, 0.05) is 13.6 Å². The zero-order chi connectivity index (χ0) is 11.5. The lowest BCUT2D eigenvalue weighted by atomic mass is 10.2. The van der Waals surface area contributed by atoms with E-state index < -0.39 is 0 Å². The molecular weight excluding hydrogens is 261 g/mol. The Hall–Kier alpha value is -1.26. The zero-order valence-corrected chi connectivity index (χ0v) is 10.9. The van der Waals surface area contributed by atoms with Crippen molar-refractivity contribution in [2.45, 2.75) is 6.54 Å². The van der Waals surface area contributed by atoms with Crippen LogP contribution < -0.4 is 5.32 Å². The van der Waals surface area contributed by atoms with Gasteiger partial charge in [-0.15, -0.1) is 24.0 Å². The minimum Gasteiger partial charge on any atom is -0.351 e. The highest BCUT2D eigenvalue weighted by Gasteiger charge is 2.02. The summed E-state index contributed by atoms with van der Waals surface area (Å²) < 4.78 is 1.95. The molecule has 1 aromatic carbocycles. The molecule has 1 heterocycles. The quantitative estimate of drug-likeness (QED) is 0.868. The fraction of sp³-hybridized carbons (Fsp3) is 0.273. The molecule has 17 heavy (non-hydrogen) atoms. The van der Waals surface area contributed by atoms with Crippen molar-refractivity contribution in [3.8, 4) is 0 Å². The number of fused-ring (bicyclic) bond motifs is 1. The summed E-state index contributed by atoms with van der Waals surface area (Å²) in [4.78, 5) is 15.2. The molecule has 1 aromatic heterocycles. The fourth-order valence-electron chi connectivity index (χ4n) is 1.54. The van der Waals surface area contributed by atoms with Crippen LogP contribution in [-0.4, -0.2) is 21.3 Å². The Morgan fingerprint density at radius 1 is 1.53 bits per heavy atom. The number of hydrogen-bond acceptors (Lipinski definition) is 2. The van der Waals surface area contributed by atoms with Gasteiger partial charge in [0.15, 0.2) is 0 Å². The van der Waals surface area contributed by atoms with Crippen LogP contribution in [0.25, 0.3) is 11.0 Å². The average molecular weight is 274 g/mol. The van der Waals surface area contributed by atoms with Crippen molar-refractivity contribution in [3.63, 3.8) is 0 Å². The van der Waals surface area contributed by atoms with Crippen LogP contribution in [0.3, 0.4) is 0 Å². The number of alkyl halides is 1. The second-order valence-electron chi connectivity index (χ2n) is 3.59. The van der Waals surface area contributed by atoms with E-state index in [1.807, 2.05) is 29.8 Å². The molecule has 0 aliphatic carbocycles. The van der Waals surface area contributed by atoms with Gasteiger partial charge in [-0.3, -0.25) is 4.79 Å². The van der Waals surface area contributed by atoms with Crippen molar-refractivity contribution in [1.29, 1.82) is 0 Å². The summed E-state index contributed by atoms with van der Waals surface area (Å²) in [6.07, 6.45) is 1.77. The van der Waals surface area contributed by atoms with Crippen LogP contribution in [0, 0.1) is 0 Å². The van der Waals surface area contributed by atoms with Crippen molar-refractivity contribution in [1.82, 2.24) is 14.9 Å². The summed E-state index contributed by atoms with van der Waals surface area (Å²) in [5.41, 5.74) is 3.03. The first-order valence-corrected chi connectivity index (χ1v) is 5.47. The molecule has 0 atom stereocenters. The first-order valence-electron chi connectivity index (χ1n) is 4.93. The standard InChI is InChI=1S/C11H12ClN3O.ClH/c1-15-7-14-9-4-8(2-3-10(9)15)6-13-11(16)5-12;/h2-4,7H,5-6H2,1H3,(H,13,16);1H. The van der Waals surface area contributed by atoms with Gasteiger partial charge in [0.1, 0.15) is 5.88 Å². The molecule has 0 aliphatic rings. The third kappa shape index (κ3) is 3.11. The molecular formula is C11H13Cl2N3O. The number of amides is 1. The molecule has 0 fully saturated rings. The topological polar surface area (TPSA) is 46.9 Å². The van der Waals surface area contributed by atoms with Crippen LogP contribution in [0.15, 0.2) is 24.5 Å². The van der Waals surface area contributed by atoms with Crippen molar-refractivity contribution < 1.29 is 4.79 Å². The van der Waals surface area contributed by atoms with Gasteiger partial charge >= 0.3 is 0 Å². The van der Waals surface area contributed by atoms with E-state index in [1.165, 1.54) is 0 Å². The van der Waals surface area contributed by atoms with Crippen LogP contribution in [0.2, 0.25) is 0 Å². The maximum atomic E-state index is 11.0. The van der Waals surface area contributed by atoms with E-state index in [9.17, 15) is 4.79 Å². The third-order valence-electron chi connectivity index (χ3n) is 2.40. The van der Waals surface area contributed by atoms with Gasteiger partial charge in [-0.1, -0.05) is 6.07 Å². The third-order valence-corrected chi connectivity index (χ3v) is 2.64. The van der Waals surface area contributed by atoms with Crippen molar-refractivity contribution in [2.75, 3.05) is 5.88 Å². The summed E-state index contributed by atoms with van der Waals surface area (Å²) in [6.45, 7) is 0.484. The van der Waals surface area contributed by atoms with Gasteiger partial charge in [0.2, 0.25) is 5.91 Å². The van der Waals surface area contributed by atoms with Gasteiger partial charge in [-0.25, -0.2) is 4.98 Å². The Bertz CT molecular complexity index is 524. The number of halogens is 2. The summed E-state index contributed by atoms with van der Waals surface area (Å²) in [5.74, 6) is -0.172. The molecule has 0 spiro atoms. The molecule has 0 unspecified atom stereocenters. The van der Waals surface area contributed by atoms with Crippen LogP contribution >= 0.6 is 24.0 Å². The molecule has 0 bridgehead atoms. The van der Waals surface area contributed by atoms with E-state index in [0.29, 0.717) is 6.54 Å². The molecule has 4 nitrogen and oxygen atoms in total. The van der Waals surface area contributed by atoms with Crippen LogP contribution in [0.1, 0.15) is 5.56 Å². The summed E-state index contributed by atoms with van der Waals surface area (Å²) in [7, 11) is 1.95. The highest BCUT2D eigenvalue weighted by Crippen LogP contribution is 2.13. The monoisotopic (exact) mass is 273 g/mol. The number of hydrogen-bond donors (Lipinski definition) is 1. The lowest BCUT2D eigenvalue weighted by molar-refractivity contribution is -0.118. The van der Waals surface area contributed by atoms with Gasteiger partial charge < -0.3 is 9.88 Å². The first kappa shape index (κ1) is 13.8. The number of rotatable bonds is 3. The summed E-state index contributed by atoms with van der Waals surface area (Å²) >= 11 is 5.39. The number of carbonyl (C=O) groups is 1. The predicted molar refractivity (Wildman–Crippen MR) is 70.5 cm³/mol. The minimum atomic E-state index is -0.164. The Morgan fingerprint density at radius 2 is 2.29 bits per heavy atom. The first-order chi connectivity index (χ1) is 7.70. The molecule has 92 valence electrons. The molecule has 0 radical (unpaired) electrons. The second-order valence-corrected chi connectivity index (χ2v) is 3.86. The Labute approximate surface area is 110 Å². The molecule has 0 saturated carbocycles. The lowest BCUT2D eigenvalue weighted by Crippen LogP contribution is -2.23. The maximum Gasteiger partial charge on any atom is 0.235 e. The van der Waals surface area contributed by atoms with Crippen molar-refractivity contribution >= 4 is 40.9 Å². The van der Waals surface area contributed by atoms with Crippen LogP contribution in [0.4, 0.5) is 0 Å². The Kier molecular flexibility index (Phi) is 4.78. The molecule has 1 amide bonds. The fourth-order valence-corrected chi connectivity index (χ4v) is 1.63. The number of aryl methyl sites for hydroxylation is 1. The van der Waals surface area contributed by atoms with Crippen molar-refractivity contribution in [2.24, 2.45) is 7.05 Å². The minimum absolute atomic E-state index is 0. The number of nitrogens with one attached hydrogen (secondary N) is 1. The predicted octanol–water partition coefficient (Wildman–Crippen LogP) is 1.85. The molecule has 0 saturated heterocycles. The SMILES string of the molecule is Cl.Cn1cnc2cc(CNC(=O)CCl)ccc21. The van der Waals surface area contributed by atoms with Gasteiger partial charge in [-0.2, -0.15) is 0 Å². The van der Waals surface area contributed by atoms with E-state index in [2.05, 4.69) is 10.3 Å². The summed E-state index contributed by atoms with van der Waals surface area (Å²) in [5, 5.41) is 2.71. The number of imidazole rings is 1. The van der Waals surface area contributed by atoms with E-state index in [4.69, 9.17) is 11.6 Å². The molecule has 6 heteroatoms. The second kappa shape index (κ2) is 5.89. The highest BCUT2D eigenvalue weighted by molar-refractivity contribution is 6.27. The Morgan fingerprint density at radius 3 is 3.00 bits per heavy atom. The van der Waals surface area contributed by atoms with Crippen molar-refractivity contribution in [3.05, 3.63) is 30.1 Å². The van der Waals surface area contributed by atoms with E-state index >= 15 is 0 Å². The normalized spacial score (nSPS) is 10.0. The molecule has 2 rings (SSSR count). The smallest absolute Gasteiger partial charge is 0.235 e. The lowest BCUT2D eigenvalue weighted by Gasteiger charge is -2.03. The number of carbonyl (C=O) groups excluding carboxylic acids is 1. The number of nitrogens with zero attached hydrogens (tertiary/aromatic N) is 2. The maximum absolute atomic E-state index is 11.0. The van der Waals surface area contributed by atoms with Crippen LogP contribution in [-0.2, 0) is 18.4 Å². The molecule has 0 aliphatic heterocycles. The number of benzene rings is 1. The van der Waals surface area contributed by atoms with Gasteiger partial charge in [0.05, 0.1) is 17.4 Å². The van der Waals surface area contributed by atoms with Crippen LogP contribution in [0.5, 0.6) is 0 Å². The van der Waals surface area contributed by atoms with E-state index in [-0.39, 0.29) is 24.2 Å². The average Bonchev–Trinajstić information content (AvgIpc) is 2.67. The summed E-state index contributed by atoms with van der Waals surface area (Å²) in [6, 6.07) is 5.92. The van der Waals surface area contributed by atoms with E-state index in [0.717, 1.165) is 16.6 Å². The zero-order valence-electron chi connectivity index (χ0n) is 9.31. The highest BCUT2D eigenvalue weighted by atomic mass is 35.5. The number of aromatic nitrogens is 2. The Balaban J connectivity index is 0.00000144. The van der Waals surface area contributed by atoms with Gasteiger partial charge in [0.25, 0.3) is 0 Å². The van der Waals surface area contributed by atoms with Gasteiger partial charge in [-0.05, 0) is 17.7 Å². The largest absolute Gasteiger partial charge is 0.351 e. The molecule has 1 N–H and O–H groups in total. The van der Waals surface area contributed by atoms with E-state index in [1.54, 1.807) is 6.33 Å². The molecule has 2 aromatic rings.